The van der Waals surface area contributed by atoms with Crippen molar-refractivity contribution in [3.8, 4) is 11.3 Å². The summed E-state index contributed by atoms with van der Waals surface area (Å²) < 4.78 is 10.3. The van der Waals surface area contributed by atoms with E-state index in [1.807, 2.05) is 32.9 Å². The highest BCUT2D eigenvalue weighted by molar-refractivity contribution is 5.85. The number of anilines is 1. The molecule has 0 aliphatic rings. The predicted octanol–water partition coefficient (Wildman–Crippen LogP) is 3.69. The summed E-state index contributed by atoms with van der Waals surface area (Å²) in [5, 5.41) is 2.66. The van der Waals surface area contributed by atoms with Crippen LogP contribution in [0.4, 0.5) is 10.5 Å². The minimum absolute atomic E-state index is 0.472. The highest BCUT2D eigenvalue weighted by Crippen LogP contribution is 2.21. The van der Waals surface area contributed by atoms with Crippen molar-refractivity contribution in [3.05, 3.63) is 36.9 Å². The monoisotopic (exact) mass is 260 g/mol. The fraction of sp³-hybridized carbons (Fsp3) is 0.286. The predicted molar refractivity (Wildman–Crippen MR) is 71.8 cm³/mol. The Kier molecular flexibility index (Phi) is 3.55. The number of hydrogen-bond donors (Lipinski definition) is 1. The summed E-state index contributed by atoms with van der Waals surface area (Å²) in [6, 6.07) is 7.24. The molecule has 19 heavy (non-hydrogen) atoms. The van der Waals surface area contributed by atoms with Crippen LogP contribution < -0.4 is 5.32 Å². The average Bonchev–Trinajstić information content (AvgIpc) is 2.80. The summed E-state index contributed by atoms with van der Waals surface area (Å²) in [6.07, 6.45) is 2.54. The van der Waals surface area contributed by atoms with Crippen molar-refractivity contribution < 1.29 is 13.9 Å². The number of amides is 1. The average molecular weight is 260 g/mol. The van der Waals surface area contributed by atoms with Gasteiger partial charge in [0.2, 0.25) is 0 Å². The van der Waals surface area contributed by atoms with Gasteiger partial charge < -0.3 is 9.15 Å². The maximum atomic E-state index is 11.6. The Balaban J connectivity index is 2.01. The van der Waals surface area contributed by atoms with Gasteiger partial charge in [-0.3, -0.25) is 5.32 Å². The van der Waals surface area contributed by atoms with Gasteiger partial charge in [0.05, 0.1) is 6.20 Å². The molecule has 1 N–H and O–H groups in total. The molecule has 0 saturated heterocycles. The van der Waals surface area contributed by atoms with Crippen LogP contribution in [0.5, 0.6) is 0 Å². The van der Waals surface area contributed by atoms with Gasteiger partial charge in [0.25, 0.3) is 0 Å². The van der Waals surface area contributed by atoms with Gasteiger partial charge in [0, 0.05) is 11.3 Å². The van der Waals surface area contributed by atoms with E-state index in [2.05, 4.69) is 10.3 Å². The smallest absolute Gasteiger partial charge is 0.412 e. The van der Waals surface area contributed by atoms with Crippen molar-refractivity contribution in [1.29, 1.82) is 0 Å². The quantitative estimate of drug-likeness (QED) is 0.894. The second kappa shape index (κ2) is 5.14. The third-order valence-corrected chi connectivity index (χ3v) is 2.25. The lowest BCUT2D eigenvalue weighted by Crippen LogP contribution is -2.27. The molecule has 0 radical (unpaired) electrons. The van der Waals surface area contributed by atoms with Crippen molar-refractivity contribution in [3.63, 3.8) is 0 Å². The van der Waals surface area contributed by atoms with Gasteiger partial charge in [0.15, 0.2) is 12.2 Å². The molecule has 1 heterocycles. The zero-order chi connectivity index (χ0) is 13.9. The molecular formula is C14H16N2O3. The number of benzene rings is 1. The van der Waals surface area contributed by atoms with E-state index in [0.717, 1.165) is 5.56 Å². The number of rotatable bonds is 2. The van der Waals surface area contributed by atoms with Gasteiger partial charge in [-0.25, -0.2) is 9.78 Å². The molecule has 1 aromatic carbocycles. The molecule has 0 bridgehead atoms. The van der Waals surface area contributed by atoms with Crippen molar-refractivity contribution in [2.75, 3.05) is 5.32 Å². The van der Waals surface area contributed by atoms with Gasteiger partial charge in [-0.1, -0.05) is 0 Å². The maximum absolute atomic E-state index is 11.6. The van der Waals surface area contributed by atoms with E-state index in [1.54, 1.807) is 18.3 Å². The van der Waals surface area contributed by atoms with Gasteiger partial charge in [-0.2, -0.15) is 0 Å². The maximum Gasteiger partial charge on any atom is 0.412 e. The number of carbonyl (C=O) groups excluding carboxylic acids is 1. The molecule has 0 aliphatic carbocycles. The highest BCUT2D eigenvalue weighted by atomic mass is 16.6. The molecule has 100 valence electrons. The molecule has 2 rings (SSSR count). The number of aromatic nitrogens is 1. The van der Waals surface area contributed by atoms with E-state index >= 15 is 0 Å². The van der Waals surface area contributed by atoms with E-state index in [0.29, 0.717) is 11.4 Å². The van der Waals surface area contributed by atoms with Crippen LogP contribution in [-0.4, -0.2) is 16.7 Å². The van der Waals surface area contributed by atoms with Crippen molar-refractivity contribution in [2.45, 2.75) is 26.4 Å². The molecule has 0 saturated carbocycles. The Morgan fingerprint density at radius 1 is 1.26 bits per heavy atom. The minimum atomic E-state index is -0.510. The summed E-state index contributed by atoms with van der Waals surface area (Å²) in [4.78, 5) is 15.4. The highest BCUT2D eigenvalue weighted by Gasteiger charge is 2.16. The van der Waals surface area contributed by atoms with E-state index in [4.69, 9.17) is 9.15 Å². The first-order valence-corrected chi connectivity index (χ1v) is 5.93. The molecule has 0 atom stereocenters. The summed E-state index contributed by atoms with van der Waals surface area (Å²) >= 11 is 0. The van der Waals surface area contributed by atoms with E-state index in [1.165, 1.54) is 6.39 Å². The fourth-order valence-electron chi connectivity index (χ4n) is 1.50. The lowest BCUT2D eigenvalue weighted by Gasteiger charge is -2.19. The standard InChI is InChI=1S/C14H16N2O3/c1-14(2,3)19-13(17)16-11-6-4-10(5-7-11)12-8-15-9-18-12/h4-9H,1-3H3,(H,16,17). The number of oxazole rings is 1. The number of nitrogens with zero attached hydrogens (tertiary/aromatic N) is 1. The summed E-state index contributed by atoms with van der Waals surface area (Å²) in [6.45, 7) is 5.46. The number of carbonyl (C=O) groups is 1. The fourth-order valence-corrected chi connectivity index (χ4v) is 1.50. The Bertz CT molecular complexity index is 539. The largest absolute Gasteiger partial charge is 0.444 e. The molecule has 1 aromatic heterocycles. The molecule has 2 aromatic rings. The van der Waals surface area contributed by atoms with Crippen LogP contribution in [0.15, 0.2) is 41.3 Å². The Morgan fingerprint density at radius 2 is 1.95 bits per heavy atom. The Morgan fingerprint density at radius 3 is 2.47 bits per heavy atom. The van der Waals surface area contributed by atoms with Crippen molar-refractivity contribution >= 4 is 11.8 Å². The summed E-state index contributed by atoms with van der Waals surface area (Å²) in [5.74, 6) is 0.684. The first-order chi connectivity index (χ1) is 8.94. The third kappa shape index (κ3) is 3.84. The van der Waals surface area contributed by atoms with Crippen LogP contribution in [0.25, 0.3) is 11.3 Å². The lowest BCUT2D eigenvalue weighted by molar-refractivity contribution is 0.0636. The van der Waals surface area contributed by atoms with E-state index in [9.17, 15) is 4.79 Å². The summed E-state index contributed by atoms with van der Waals surface area (Å²) in [7, 11) is 0. The van der Waals surface area contributed by atoms with Gasteiger partial charge in [0.1, 0.15) is 5.60 Å². The second-order valence-electron chi connectivity index (χ2n) is 5.07. The van der Waals surface area contributed by atoms with Gasteiger partial charge >= 0.3 is 6.09 Å². The van der Waals surface area contributed by atoms with Crippen LogP contribution in [0.2, 0.25) is 0 Å². The van der Waals surface area contributed by atoms with Crippen LogP contribution in [0, 0.1) is 0 Å². The molecule has 0 fully saturated rings. The number of nitrogens with one attached hydrogen (secondary N) is 1. The van der Waals surface area contributed by atoms with Crippen LogP contribution >= 0.6 is 0 Å². The molecule has 0 spiro atoms. The van der Waals surface area contributed by atoms with Gasteiger partial charge in [-0.05, 0) is 45.0 Å². The molecule has 5 heteroatoms. The van der Waals surface area contributed by atoms with E-state index in [-0.39, 0.29) is 0 Å². The first kappa shape index (κ1) is 13.1. The van der Waals surface area contributed by atoms with Crippen molar-refractivity contribution in [1.82, 2.24) is 4.98 Å². The van der Waals surface area contributed by atoms with Crippen LogP contribution in [-0.2, 0) is 4.74 Å². The summed E-state index contributed by atoms with van der Waals surface area (Å²) in [5.41, 5.74) is 1.05. The molecule has 0 aliphatic heterocycles. The SMILES string of the molecule is CC(C)(C)OC(=O)Nc1ccc(-c2cnco2)cc1. The molecule has 1 amide bonds. The number of hydrogen-bond acceptors (Lipinski definition) is 4. The van der Waals surface area contributed by atoms with Crippen molar-refractivity contribution in [2.24, 2.45) is 0 Å². The topological polar surface area (TPSA) is 64.4 Å². The lowest BCUT2D eigenvalue weighted by atomic mass is 10.2. The zero-order valence-corrected chi connectivity index (χ0v) is 11.1. The van der Waals surface area contributed by atoms with Crippen LogP contribution in [0.3, 0.4) is 0 Å². The van der Waals surface area contributed by atoms with Crippen LogP contribution in [0.1, 0.15) is 20.8 Å². The molecule has 0 unspecified atom stereocenters. The normalized spacial score (nSPS) is 11.1. The molecule has 5 nitrogen and oxygen atoms in total. The minimum Gasteiger partial charge on any atom is -0.444 e. The number of ether oxygens (including phenoxy) is 1. The molecular weight excluding hydrogens is 244 g/mol. The zero-order valence-electron chi connectivity index (χ0n) is 11.1. The van der Waals surface area contributed by atoms with Gasteiger partial charge in [-0.15, -0.1) is 0 Å². The van der Waals surface area contributed by atoms with E-state index < -0.39 is 11.7 Å². The first-order valence-electron chi connectivity index (χ1n) is 5.93. The Labute approximate surface area is 111 Å². The second-order valence-corrected chi connectivity index (χ2v) is 5.07. The third-order valence-electron chi connectivity index (χ3n) is 2.25. The Hall–Kier alpha value is -2.30.